The minimum atomic E-state index is 0.0617. The molecule has 1 atom stereocenters. The van der Waals surface area contributed by atoms with E-state index in [4.69, 9.17) is 0 Å². The topological polar surface area (TPSA) is 41.1 Å². The van der Waals surface area contributed by atoms with E-state index in [0.29, 0.717) is 12.5 Å². The van der Waals surface area contributed by atoms with Crippen LogP contribution in [0.25, 0.3) is 10.1 Å². The highest BCUT2D eigenvalue weighted by atomic mass is 32.1. The lowest BCUT2D eigenvalue weighted by molar-refractivity contribution is -0.120. The Balaban J connectivity index is 1.88. The van der Waals surface area contributed by atoms with Crippen molar-refractivity contribution in [2.75, 3.05) is 13.1 Å². The van der Waals surface area contributed by atoms with Gasteiger partial charge < -0.3 is 10.6 Å². The molecule has 3 nitrogen and oxygen atoms in total. The van der Waals surface area contributed by atoms with Gasteiger partial charge in [-0.1, -0.05) is 32.0 Å². The summed E-state index contributed by atoms with van der Waals surface area (Å²) in [6.45, 7) is 7.38. The zero-order valence-corrected chi connectivity index (χ0v) is 13.1. The van der Waals surface area contributed by atoms with Crippen molar-refractivity contribution >= 4 is 27.3 Å². The molecule has 0 saturated heterocycles. The summed E-state index contributed by atoms with van der Waals surface area (Å²) in [6, 6.07) is 10.8. The molecule has 2 rings (SSSR count). The van der Waals surface area contributed by atoms with Gasteiger partial charge >= 0.3 is 0 Å². The highest BCUT2D eigenvalue weighted by Crippen LogP contribution is 2.29. The van der Waals surface area contributed by atoms with Gasteiger partial charge in [0, 0.05) is 22.2 Å². The van der Waals surface area contributed by atoms with Gasteiger partial charge in [0.05, 0.1) is 6.54 Å². The first-order valence-corrected chi connectivity index (χ1v) is 7.86. The van der Waals surface area contributed by atoms with Gasteiger partial charge in [-0.2, -0.15) is 0 Å². The summed E-state index contributed by atoms with van der Waals surface area (Å²) in [6.07, 6.45) is 0. The number of thiophene rings is 1. The van der Waals surface area contributed by atoms with E-state index in [0.717, 1.165) is 6.54 Å². The Bertz CT molecular complexity index is 544. The largest absolute Gasteiger partial charge is 0.355 e. The molecule has 1 aromatic heterocycles. The van der Waals surface area contributed by atoms with Crippen LogP contribution < -0.4 is 10.6 Å². The fourth-order valence-electron chi connectivity index (χ4n) is 1.94. The zero-order valence-electron chi connectivity index (χ0n) is 12.3. The lowest BCUT2D eigenvalue weighted by Gasteiger charge is -2.12. The molecule has 2 aromatic rings. The smallest absolute Gasteiger partial charge is 0.233 e. The first kappa shape index (κ1) is 15.0. The van der Waals surface area contributed by atoms with Crippen LogP contribution in [-0.2, 0) is 4.79 Å². The maximum atomic E-state index is 11.7. The first-order valence-electron chi connectivity index (χ1n) is 7.05. The van der Waals surface area contributed by atoms with E-state index in [1.807, 2.05) is 0 Å². The van der Waals surface area contributed by atoms with Crippen molar-refractivity contribution in [3.63, 3.8) is 0 Å². The summed E-state index contributed by atoms with van der Waals surface area (Å²) in [5.74, 6) is 0.547. The number of benzene rings is 1. The molecule has 1 heterocycles. The van der Waals surface area contributed by atoms with Crippen molar-refractivity contribution < 1.29 is 4.79 Å². The number of amides is 1. The van der Waals surface area contributed by atoms with Crippen LogP contribution in [0.15, 0.2) is 30.3 Å². The molecular formula is C16H22N2OS. The lowest BCUT2D eigenvalue weighted by atomic mass is 10.2. The van der Waals surface area contributed by atoms with Crippen LogP contribution in [0.1, 0.15) is 31.7 Å². The minimum absolute atomic E-state index is 0.0617. The van der Waals surface area contributed by atoms with Crippen LogP contribution in [0.3, 0.4) is 0 Å². The third kappa shape index (κ3) is 4.05. The summed E-state index contributed by atoms with van der Waals surface area (Å²) in [5.41, 5.74) is 0. The van der Waals surface area contributed by atoms with Gasteiger partial charge in [-0.15, -0.1) is 11.3 Å². The molecule has 0 radical (unpaired) electrons. The van der Waals surface area contributed by atoms with Gasteiger partial charge in [-0.05, 0) is 30.4 Å². The predicted molar refractivity (Wildman–Crippen MR) is 86.1 cm³/mol. The van der Waals surface area contributed by atoms with Gasteiger partial charge in [0.15, 0.2) is 0 Å². The Morgan fingerprint density at radius 2 is 2.00 bits per heavy atom. The number of hydrogen-bond acceptors (Lipinski definition) is 3. The van der Waals surface area contributed by atoms with E-state index in [2.05, 4.69) is 61.7 Å². The molecule has 108 valence electrons. The number of carbonyl (C=O) groups excluding carboxylic acids is 1. The second-order valence-electron chi connectivity index (χ2n) is 5.49. The van der Waals surface area contributed by atoms with Crippen LogP contribution in [0, 0.1) is 5.92 Å². The maximum absolute atomic E-state index is 11.7. The second-order valence-corrected chi connectivity index (χ2v) is 6.60. The van der Waals surface area contributed by atoms with Crippen LogP contribution in [-0.4, -0.2) is 19.0 Å². The van der Waals surface area contributed by atoms with E-state index < -0.39 is 0 Å². The van der Waals surface area contributed by atoms with Crippen molar-refractivity contribution in [2.24, 2.45) is 5.92 Å². The fourth-order valence-corrected chi connectivity index (χ4v) is 3.03. The molecule has 0 aliphatic carbocycles. The molecule has 1 amide bonds. The monoisotopic (exact) mass is 290 g/mol. The average Bonchev–Trinajstić information content (AvgIpc) is 2.86. The van der Waals surface area contributed by atoms with Gasteiger partial charge in [0.1, 0.15) is 0 Å². The molecule has 0 bridgehead atoms. The molecular weight excluding hydrogens is 268 g/mol. The van der Waals surface area contributed by atoms with Crippen LogP contribution in [0.2, 0.25) is 0 Å². The summed E-state index contributed by atoms with van der Waals surface area (Å²) in [7, 11) is 0. The number of fused-ring (bicyclic) bond motifs is 1. The normalized spacial score (nSPS) is 12.8. The van der Waals surface area contributed by atoms with E-state index in [1.165, 1.54) is 15.0 Å². The Morgan fingerprint density at radius 1 is 1.25 bits per heavy atom. The number of rotatable bonds is 6. The van der Waals surface area contributed by atoms with Crippen LogP contribution >= 0.6 is 11.3 Å². The average molecular weight is 290 g/mol. The molecule has 20 heavy (non-hydrogen) atoms. The molecule has 1 unspecified atom stereocenters. The van der Waals surface area contributed by atoms with Crippen molar-refractivity contribution in [1.29, 1.82) is 0 Å². The highest BCUT2D eigenvalue weighted by Gasteiger charge is 2.10. The van der Waals surface area contributed by atoms with Crippen LogP contribution in [0.4, 0.5) is 0 Å². The minimum Gasteiger partial charge on any atom is -0.355 e. The van der Waals surface area contributed by atoms with E-state index >= 15 is 0 Å². The Hall–Kier alpha value is -1.39. The molecule has 4 heteroatoms. The molecule has 2 N–H and O–H groups in total. The molecule has 0 spiro atoms. The van der Waals surface area contributed by atoms with E-state index in [-0.39, 0.29) is 11.9 Å². The standard InChI is InChI=1S/C16H22N2OS/c1-11(2)9-18-16(19)10-17-12(3)15-8-13-6-4-5-7-14(13)20-15/h4-8,11-12,17H,9-10H2,1-3H3,(H,18,19). The third-order valence-corrected chi connectivity index (χ3v) is 4.45. The van der Waals surface area contributed by atoms with Crippen molar-refractivity contribution in [1.82, 2.24) is 10.6 Å². The van der Waals surface area contributed by atoms with Gasteiger partial charge in [0.2, 0.25) is 5.91 Å². The molecule has 0 fully saturated rings. The van der Waals surface area contributed by atoms with Crippen molar-refractivity contribution in [2.45, 2.75) is 26.8 Å². The SMILES string of the molecule is CC(C)CNC(=O)CNC(C)c1cc2ccccc2s1. The summed E-state index contributed by atoms with van der Waals surface area (Å²) < 4.78 is 1.29. The Morgan fingerprint density at radius 3 is 2.70 bits per heavy atom. The van der Waals surface area contributed by atoms with Crippen molar-refractivity contribution in [3.05, 3.63) is 35.2 Å². The van der Waals surface area contributed by atoms with Gasteiger partial charge in [-0.25, -0.2) is 0 Å². The second kappa shape index (κ2) is 6.86. The van der Waals surface area contributed by atoms with Crippen molar-refractivity contribution in [3.8, 4) is 0 Å². The maximum Gasteiger partial charge on any atom is 0.233 e. The molecule has 1 aromatic carbocycles. The molecule has 0 saturated carbocycles. The Labute approximate surface area is 124 Å². The highest BCUT2D eigenvalue weighted by molar-refractivity contribution is 7.19. The van der Waals surface area contributed by atoms with E-state index in [1.54, 1.807) is 11.3 Å². The Kier molecular flexibility index (Phi) is 5.15. The molecule has 0 aliphatic rings. The third-order valence-electron chi connectivity index (χ3n) is 3.15. The molecule has 0 aliphatic heterocycles. The zero-order chi connectivity index (χ0) is 14.5. The van der Waals surface area contributed by atoms with E-state index in [9.17, 15) is 4.79 Å². The lowest BCUT2D eigenvalue weighted by Crippen LogP contribution is -2.36. The number of hydrogen-bond donors (Lipinski definition) is 2. The summed E-state index contributed by atoms with van der Waals surface area (Å²) in [5, 5.41) is 7.47. The fraction of sp³-hybridized carbons (Fsp3) is 0.438. The number of carbonyl (C=O) groups is 1. The number of nitrogens with one attached hydrogen (secondary N) is 2. The van der Waals surface area contributed by atoms with Gasteiger partial charge in [-0.3, -0.25) is 4.79 Å². The van der Waals surface area contributed by atoms with Crippen LogP contribution in [0.5, 0.6) is 0 Å². The predicted octanol–water partition coefficient (Wildman–Crippen LogP) is 3.32. The first-order chi connectivity index (χ1) is 9.56. The summed E-state index contributed by atoms with van der Waals surface area (Å²) in [4.78, 5) is 13.0. The van der Waals surface area contributed by atoms with Gasteiger partial charge in [0.25, 0.3) is 0 Å². The summed E-state index contributed by atoms with van der Waals surface area (Å²) >= 11 is 1.78. The quantitative estimate of drug-likeness (QED) is 0.857.